The number of nitrogens with two attached hydrogens (primary N) is 1. The van der Waals surface area contributed by atoms with Crippen LogP contribution in [0.1, 0.15) is 22.8 Å². The van der Waals surface area contributed by atoms with Gasteiger partial charge in [-0.3, -0.25) is 0 Å². The van der Waals surface area contributed by atoms with E-state index < -0.39 is 5.97 Å². The van der Waals surface area contributed by atoms with Crippen molar-refractivity contribution in [3.05, 3.63) is 23.3 Å². The van der Waals surface area contributed by atoms with Crippen LogP contribution in [0.3, 0.4) is 0 Å². The van der Waals surface area contributed by atoms with Crippen LogP contribution in [-0.4, -0.2) is 16.3 Å². The third-order valence-corrected chi connectivity index (χ3v) is 3.57. The first-order chi connectivity index (χ1) is 6.58. The number of benzene rings is 1. The summed E-state index contributed by atoms with van der Waals surface area (Å²) in [6.45, 7) is 2.12. The normalized spacial score (nSPS) is 19.4. The number of thioether (sulfide) groups is 1. The van der Waals surface area contributed by atoms with E-state index in [1.54, 1.807) is 17.8 Å². The lowest BCUT2D eigenvalue weighted by Gasteiger charge is -2.04. The molecule has 1 aromatic carbocycles. The SMILES string of the molecule is CC1Cc2cc(C(=O)O)cc(N)c2S1. The maximum Gasteiger partial charge on any atom is 0.335 e. The number of anilines is 1. The van der Waals surface area contributed by atoms with Crippen LogP contribution >= 0.6 is 11.8 Å². The molecule has 0 amide bonds. The van der Waals surface area contributed by atoms with Gasteiger partial charge in [-0.15, -0.1) is 11.8 Å². The molecule has 0 fully saturated rings. The molecular weight excluding hydrogens is 198 g/mol. The minimum Gasteiger partial charge on any atom is -0.478 e. The van der Waals surface area contributed by atoms with E-state index in [0.29, 0.717) is 10.9 Å². The molecule has 4 heteroatoms. The number of rotatable bonds is 1. The molecule has 3 nitrogen and oxygen atoms in total. The first-order valence-electron chi connectivity index (χ1n) is 4.40. The van der Waals surface area contributed by atoms with Crippen molar-refractivity contribution in [3.63, 3.8) is 0 Å². The van der Waals surface area contributed by atoms with E-state index in [9.17, 15) is 4.79 Å². The number of carbonyl (C=O) groups is 1. The smallest absolute Gasteiger partial charge is 0.335 e. The van der Waals surface area contributed by atoms with Crippen LogP contribution in [0.15, 0.2) is 17.0 Å². The average molecular weight is 209 g/mol. The lowest BCUT2D eigenvalue weighted by Crippen LogP contribution is -2.00. The first-order valence-corrected chi connectivity index (χ1v) is 5.28. The van der Waals surface area contributed by atoms with Gasteiger partial charge in [0.25, 0.3) is 0 Å². The molecule has 1 heterocycles. The number of aromatic carboxylic acids is 1. The highest BCUT2D eigenvalue weighted by Crippen LogP contribution is 2.41. The summed E-state index contributed by atoms with van der Waals surface area (Å²) in [6, 6.07) is 3.26. The quantitative estimate of drug-likeness (QED) is 0.694. The second-order valence-electron chi connectivity index (χ2n) is 3.49. The number of hydrogen-bond acceptors (Lipinski definition) is 3. The van der Waals surface area contributed by atoms with Crippen LogP contribution in [0.25, 0.3) is 0 Å². The Labute approximate surface area is 86.3 Å². The fourth-order valence-electron chi connectivity index (χ4n) is 1.68. The predicted molar refractivity (Wildman–Crippen MR) is 56.8 cm³/mol. The van der Waals surface area contributed by atoms with Gasteiger partial charge >= 0.3 is 5.97 Å². The fraction of sp³-hybridized carbons (Fsp3) is 0.300. The van der Waals surface area contributed by atoms with Crippen LogP contribution in [0.2, 0.25) is 0 Å². The van der Waals surface area contributed by atoms with Crippen molar-refractivity contribution >= 4 is 23.4 Å². The molecular formula is C10H11NO2S. The van der Waals surface area contributed by atoms with Crippen LogP contribution in [-0.2, 0) is 6.42 Å². The van der Waals surface area contributed by atoms with Gasteiger partial charge in [0.2, 0.25) is 0 Å². The zero-order chi connectivity index (χ0) is 10.3. The Morgan fingerprint density at radius 1 is 1.64 bits per heavy atom. The third kappa shape index (κ3) is 1.46. The van der Waals surface area contributed by atoms with E-state index >= 15 is 0 Å². The summed E-state index contributed by atoms with van der Waals surface area (Å²) in [5.41, 5.74) is 7.74. The van der Waals surface area contributed by atoms with Gasteiger partial charge in [-0.25, -0.2) is 4.79 Å². The summed E-state index contributed by atoms with van der Waals surface area (Å²) < 4.78 is 0. The highest BCUT2D eigenvalue weighted by Gasteiger charge is 2.22. The standard InChI is InChI=1S/C10H11NO2S/c1-5-2-6-3-7(10(12)13)4-8(11)9(6)14-5/h3-5H,2,11H2,1H3,(H,12,13). The van der Waals surface area contributed by atoms with Crippen LogP contribution in [0, 0.1) is 0 Å². The van der Waals surface area contributed by atoms with Gasteiger partial charge in [0.15, 0.2) is 0 Å². The second kappa shape index (κ2) is 3.20. The van der Waals surface area contributed by atoms with Crippen molar-refractivity contribution in [1.29, 1.82) is 0 Å². The summed E-state index contributed by atoms with van der Waals surface area (Å²) >= 11 is 1.72. The maximum absolute atomic E-state index is 10.8. The van der Waals surface area contributed by atoms with Crippen molar-refractivity contribution in [1.82, 2.24) is 0 Å². The summed E-state index contributed by atoms with van der Waals surface area (Å²) in [5.74, 6) is -0.913. The molecule has 0 bridgehead atoms. The monoisotopic (exact) mass is 209 g/mol. The molecule has 74 valence electrons. The highest BCUT2D eigenvalue weighted by molar-refractivity contribution is 8.00. The number of fused-ring (bicyclic) bond motifs is 1. The fourth-order valence-corrected chi connectivity index (χ4v) is 2.84. The maximum atomic E-state index is 10.8. The lowest BCUT2D eigenvalue weighted by atomic mass is 10.1. The van der Waals surface area contributed by atoms with Crippen LogP contribution < -0.4 is 5.73 Å². The molecule has 14 heavy (non-hydrogen) atoms. The van der Waals surface area contributed by atoms with Gasteiger partial charge in [0.05, 0.1) is 5.56 Å². The van der Waals surface area contributed by atoms with Gasteiger partial charge in [0, 0.05) is 15.8 Å². The topological polar surface area (TPSA) is 63.3 Å². The van der Waals surface area contributed by atoms with Crippen molar-refractivity contribution < 1.29 is 9.90 Å². The molecule has 2 rings (SSSR count). The van der Waals surface area contributed by atoms with E-state index in [-0.39, 0.29) is 5.56 Å². The van der Waals surface area contributed by atoms with Gasteiger partial charge in [-0.2, -0.15) is 0 Å². The summed E-state index contributed by atoms with van der Waals surface area (Å²) in [7, 11) is 0. The van der Waals surface area contributed by atoms with Crippen LogP contribution in [0.5, 0.6) is 0 Å². The number of carboxylic acids is 1. The molecule has 1 unspecified atom stereocenters. The minimum atomic E-state index is -0.913. The predicted octanol–water partition coefficient (Wildman–Crippen LogP) is 2.00. The minimum absolute atomic E-state index is 0.288. The Balaban J connectivity index is 2.51. The number of nitrogen functional groups attached to an aromatic ring is 1. The summed E-state index contributed by atoms with van der Waals surface area (Å²) in [5, 5.41) is 9.34. The van der Waals surface area contributed by atoms with Crippen molar-refractivity contribution in [3.8, 4) is 0 Å². The molecule has 0 aromatic heterocycles. The van der Waals surface area contributed by atoms with Crippen molar-refractivity contribution in [2.75, 3.05) is 5.73 Å². The highest BCUT2D eigenvalue weighted by atomic mass is 32.2. The van der Waals surface area contributed by atoms with Gasteiger partial charge in [-0.05, 0) is 24.1 Å². The Bertz CT molecular complexity index is 403. The Hall–Kier alpha value is -1.16. The van der Waals surface area contributed by atoms with Crippen LogP contribution in [0.4, 0.5) is 5.69 Å². The summed E-state index contributed by atoms with van der Waals surface area (Å²) in [4.78, 5) is 11.8. The second-order valence-corrected chi connectivity index (χ2v) is 4.94. The lowest BCUT2D eigenvalue weighted by molar-refractivity contribution is 0.0696. The van der Waals surface area contributed by atoms with Crippen molar-refractivity contribution in [2.45, 2.75) is 23.5 Å². The van der Waals surface area contributed by atoms with Gasteiger partial charge in [0.1, 0.15) is 0 Å². The molecule has 0 saturated heterocycles. The molecule has 0 spiro atoms. The third-order valence-electron chi connectivity index (χ3n) is 2.27. The molecule has 1 aliphatic rings. The summed E-state index contributed by atoms with van der Waals surface area (Å²) in [6.07, 6.45) is 0.908. The molecule has 0 radical (unpaired) electrons. The van der Waals surface area contributed by atoms with Crippen molar-refractivity contribution in [2.24, 2.45) is 0 Å². The average Bonchev–Trinajstić information content (AvgIpc) is 2.45. The number of hydrogen-bond donors (Lipinski definition) is 2. The van der Waals surface area contributed by atoms with E-state index in [1.165, 1.54) is 6.07 Å². The van der Waals surface area contributed by atoms with E-state index in [0.717, 1.165) is 16.9 Å². The zero-order valence-electron chi connectivity index (χ0n) is 7.78. The molecule has 1 aromatic rings. The zero-order valence-corrected chi connectivity index (χ0v) is 8.60. The Morgan fingerprint density at radius 3 is 3.00 bits per heavy atom. The van der Waals surface area contributed by atoms with E-state index in [4.69, 9.17) is 10.8 Å². The molecule has 1 atom stereocenters. The van der Waals surface area contributed by atoms with Gasteiger partial charge in [-0.1, -0.05) is 6.92 Å². The molecule has 0 saturated carbocycles. The molecule has 3 N–H and O–H groups in total. The molecule has 0 aliphatic carbocycles. The first kappa shape index (κ1) is 9.40. The van der Waals surface area contributed by atoms with Gasteiger partial charge < -0.3 is 10.8 Å². The van der Waals surface area contributed by atoms with E-state index in [2.05, 4.69) is 6.92 Å². The Morgan fingerprint density at radius 2 is 2.36 bits per heavy atom. The Kier molecular flexibility index (Phi) is 2.15. The largest absolute Gasteiger partial charge is 0.478 e. The van der Waals surface area contributed by atoms with E-state index in [1.807, 2.05) is 0 Å². The number of carboxylic acid groups (broad SMARTS) is 1. The molecule has 1 aliphatic heterocycles.